The van der Waals surface area contributed by atoms with Gasteiger partial charge in [0.15, 0.2) is 0 Å². The average Bonchev–Trinajstić information content (AvgIpc) is 3.17. The first-order valence-corrected chi connectivity index (χ1v) is 10.4. The number of aryl methyl sites for hydroxylation is 1. The van der Waals surface area contributed by atoms with Gasteiger partial charge in [-0.2, -0.15) is 0 Å². The van der Waals surface area contributed by atoms with Gasteiger partial charge < -0.3 is 21.1 Å². The molecule has 4 N–H and O–H groups in total. The Kier molecular flexibility index (Phi) is 7.34. The van der Waals surface area contributed by atoms with E-state index in [-0.39, 0.29) is 24.4 Å². The Morgan fingerprint density at radius 3 is 2.65 bits per heavy atom. The molecule has 0 fully saturated rings. The Hall–Kier alpha value is -3.72. The number of nitrogens with one attached hydrogen (secondary N) is 2. The van der Waals surface area contributed by atoms with Crippen molar-refractivity contribution in [1.29, 1.82) is 0 Å². The van der Waals surface area contributed by atoms with Crippen molar-refractivity contribution < 1.29 is 19.1 Å². The molecule has 0 radical (unpaired) electrons. The number of hydrogen-bond donors (Lipinski definition) is 3. The summed E-state index contributed by atoms with van der Waals surface area (Å²) in [5, 5.41) is 8.25. The second-order valence-corrected chi connectivity index (χ2v) is 7.71. The number of thiazole rings is 1. The molecule has 0 saturated carbocycles. The molecular formula is C22H22N4O4S. The third-order valence-corrected chi connectivity index (χ3v) is 5.05. The van der Waals surface area contributed by atoms with Crippen molar-refractivity contribution in [3.63, 3.8) is 0 Å². The molecule has 0 aliphatic carbocycles. The molecule has 0 saturated heterocycles. The van der Waals surface area contributed by atoms with Crippen LogP contribution in [-0.4, -0.2) is 29.3 Å². The van der Waals surface area contributed by atoms with Gasteiger partial charge in [-0.25, -0.2) is 4.98 Å². The van der Waals surface area contributed by atoms with Gasteiger partial charge in [0.2, 0.25) is 5.91 Å². The van der Waals surface area contributed by atoms with Crippen molar-refractivity contribution in [3.05, 3.63) is 75.7 Å². The van der Waals surface area contributed by atoms with Crippen LogP contribution in [-0.2, 0) is 11.4 Å². The van der Waals surface area contributed by atoms with E-state index in [1.165, 1.54) is 0 Å². The molecular weight excluding hydrogens is 416 g/mol. The Labute approximate surface area is 183 Å². The molecule has 8 nitrogen and oxygen atoms in total. The first kappa shape index (κ1) is 22.0. The summed E-state index contributed by atoms with van der Waals surface area (Å²) in [7, 11) is 0. The van der Waals surface area contributed by atoms with Crippen molar-refractivity contribution in [2.45, 2.75) is 20.0 Å². The van der Waals surface area contributed by atoms with Gasteiger partial charge in [-0.1, -0.05) is 18.2 Å². The number of nitrogens with two attached hydrogens (primary N) is 1. The number of primary amides is 1. The molecule has 0 aliphatic rings. The summed E-state index contributed by atoms with van der Waals surface area (Å²) in [4.78, 5) is 40.3. The summed E-state index contributed by atoms with van der Waals surface area (Å²) in [6.45, 7) is 2.35. The van der Waals surface area contributed by atoms with E-state index >= 15 is 0 Å². The SMILES string of the molecule is Cc1nc(COc2cccc(C(=O)Nc3ccccc3C(=O)NCCC(N)=O)c2)cs1. The molecule has 160 valence electrons. The number of carbonyl (C=O) groups is 3. The lowest BCUT2D eigenvalue weighted by Gasteiger charge is -2.12. The first-order chi connectivity index (χ1) is 14.9. The maximum absolute atomic E-state index is 12.8. The lowest BCUT2D eigenvalue weighted by Crippen LogP contribution is -2.28. The molecule has 0 bridgehead atoms. The summed E-state index contributed by atoms with van der Waals surface area (Å²) in [6, 6.07) is 13.4. The predicted octanol–water partition coefficient (Wildman–Crippen LogP) is 2.89. The Morgan fingerprint density at radius 2 is 1.90 bits per heavy atom. The Bertz CT molecular complexity index is 1100. The van der Waals surface area contributed by atoms with E-state index in [2.05, 4.69) is 15.6 Å². The second-order valence-electron chi connectivity index (χ2n) is 6.65. The molecule has 3 rings (SSSR count). The molecule has 31 heavy (non-hydrogen) atoms. The standard InChI is InChI=1S/C22H22N4O4S/c1-14-25-16(13-31-14)12-30-17-6-4-5-15(11-17)21(28)26-19-8-3-2-7-18(19)22(29)24-10-9-20(23)27/h2-8,11,13H,9-10,12H2,1H3,(H2,23,27)(H,24,29)(H,26,28). The van der Waals surface area contributed by atoms with Crippen LogP contribution in [0, 0.1) is 6.92 Å². The van der Waals surface area contributed by atoms with Crippen LogP contribution in [0.5, 0.6) is 5.75 Å². The fourth-order valence-electron chi connectivity index (χ4n) is 2.74. The van der Waals surface area contributed by atoms with E-state index in [0.717, 1.165) is 10.7 Å². The van der Waals surface area contributed by atoms with Crippen molar-refractivity contribution in [2.75, 3.05) is 11.9 Å². The first-order valence-electron chi connectivity index (χ1n) is 9.53. The molecule has 0 atom stereocenters. The zero-order chi connectivity index (χ0) is 22.2. The van der Waals surface area contributed by atoms with E-state index in [4.69, 9.17) is 10.5 Å². The van der Waals surface area contributed by atoms with Gasteiger partial charge in [-0.15, -0.1) is 11.3 Å². The third kappa shape index (κ3) is 6.38. The third-order valence-electron chi connectivity index (χ3n) is 4.23. The second kappa shape index (κ2) is 10.4. The summed E-state index contributed by atoms with van der Waals surface area (Å²) in [5.74, 6) is -0.759. The number of nitrogens with zero attached hydrogens (tertiary/aromatic N) is 1. The number of rotatable bonds is 9. The fraction of sp³-hybridized carbons (Fsp3) is 0.182. The highest BCUT2D eigenvalue weighted by atomic mass is 32.1. The van der Waals surface area contributed by atoms with Gasteiger partial charge in [0.1, 0.15) is 12.4 Å². The minimum absolute atomic E-state index is 0.0352. The van der Waals surface area contributed by atoms with Gasteiger partial charge in [0, 0.05) is 23.9 Å². The highest BCUT2D eigenvalue weighted by molar-refractivity contribution is 7.09. The molecule has 9 heteroatoms. The van der Waals surface area contributed by atoms with Crippen molar-refractivity contribution in [3.8, 4) is 5.75 Å². The van der Waals surface area contributed by atoms with E-state index < -0.39 is 11.8 Å². The van der Waals surface area contributed by atoms with Crippen LogP contribution in [0.4, 0.5) is 5.69 Å². The average molecular weight is 439 g/mol. The monoisotopic (exact) mass is 438 g/mol. The number of benzene rings is 2. The number of amides is 3. The van der Waals surface area contributed by atoms with Gasteiger partial charge >= 0.3 is 0 Å². The number of carbonyl (C=O) groups excluding carboxylic acids is 3. The lowest BCUT2D eigenvalue weighted by molar-refractivity contribution is -0.117. The molecule has 1 aromatic heterocycles. The number of hydrogen-bond acceptors (Lipinski definition) is 6. The van der Waals surface area contributed by atoms with Crippen molar-refractivity contribution >= 4 is 34.7 Å². The maximum atomic E-state index is 12.8. The number of aromatic nitrogens is 1. The number of ether oxygens (including phenoxy) is 1. The maximum Gasteiger partial charge on any atom is 0.255 e. The van der Waals surface area contributed by atoms with Crippen LogP contribution in [0.2, 0.25) is 0 Å². The Balaban J connectivity index is 1.66. The van der Waals surface area contributed by atoms with Crippen LogP contribution < -0.4 is 21.1 Å². The highest BCUT2D eigenvalue weighted by Gasteiger charge is 2.14. The van der Waals surface area contributed by atoms with Crippen molar-refractivity contribution in [1.82, 2.24) is 10.3 Å². The van der Waals surface area contributed by atoms with E-state index in [9.17, 15) is 14.4 Å². The van der Waals surface area contributed by atoms with Gasteiger partial charge in [0.05, 0.1) is 22.0 Å². The van der Waals surface area contributed by atoms with E-state index in [0.29, 0.717) is 23.6 Å². The number of para-hydroxylation sites is 1. The molecule has 3 aromatic rings. The predicted molar refractivity (Wildman–Crippen MR) is 118 cm³/mol. The van der Waals surface area contributed by atoms with Crippen LogP contribution in [0.15, 0.2) is 53.9 Å². The van der Waals surface area contributed by atoms with E-state index in [1.807, 2.05) is 12.3 Å². The molecule has 0 unspecified atom stereocenters. The van der Waals surface area contributed by atoms with Gasteiger partial charge in [0.25, 0.3) is 11.8 Å². The lowest BCUT2D eigenvalue weighted by atomic mass is 10.1. The summed E-state index contributed by atoms with van der Waals surface area (Å²) in [5.41, 5.74) is 6.94. The molecule has 1 heterocycles. The van der Waals surface area contributed by atoms with Crippen molar-refractivity contribution in [2.24, 2.45) is 5.73 Å². The topological polar surface area (TPSA) is 123 Å². The quantitative estimate of drug-likeness (QED) is 0.474. The molecule has 0 aliphatic heterocycles. The molecule has 0 spiro atoms. The normalized spacial score (nSPS) is 10.4. The molecule has 3 amide bonds. The van der Waals surface area contributed by atoms with Crippen LogP contribution in [0.25, 0.3) is 0 Å². The van der Waals surface area contributed by atoms with Gasteiger partial charge in [-0.3, -0.25) is 14.4 Å². The summed E-state index contributed by atoms with van der Waals surface area (Å²) < 4.78 is 5.73. The smallest absolute Gasteiger partial charge is 0.255 e. The summed E-state index contributed by atoms with van der Waals surface area (Å²) >= 11 is 1.55. The highest BCUT2D eigenvalue weighted by Crippen LogP contribution is 2.19. The van der Waals surface area contributed by atoms with Crippen LogP contribution in [0.3, 0.4) is 0 Å². The minimum atomic E-state index is -0.506. The minimum Gasteiger partial charge on any atom is -0.487 e. The van der Waals surface area contributed by atoms with Gasteiger partial charge in [-0.05, 0) is 37.3 Å². The van der Waals surface area contributed by atoms with Crippen LogP contribution in [0.1, 0.15) is 37.8 Å². The van der Waals surface area contributed by atoms with E-state index in [1.54, 1.807) is 59.9 Å². The number of anilines is 1. The fourth-order valence-corrected chi connectivity index (χ4v) is 3.34. The Morgan fingerprint density at radius 1 is 1.10 bits per heavy atom. The zero-order valence-corrected chi connectivity index (χ0v) is 17.7. The largest absolute Gasteiger partial charge is 0.487 e. The molecule has 2 aromatic carbocycles. The summed E-state index contributed by atoms with van der Waals surface area (Å²) in [6.07, 6.45) is 0.0352. The van der Waals surface area contributed by atoms with Crippen LogP contribution >= 0.6 is 11.3 Å². The zero-order valence-electron chi connectivity index (χ0n) is 16.9.